The van der Waals surface area contributed by atoms with Gasteiger partial charge in [0.15, 0.2) is 17.2 Å². The molecule has 284 valence electrons. The highest BCUT2D eigenvalue weighted by Crippen LogP contribution is 2.43. The number of benzene rings is 9. The topological polar surface area (TPSA) is 61.7 Å². The van der Waals surface area contributed by atoms with Gasteiger partial charge in [-0.1, -0.05) is 146 Å². The summed E-state index contributed by atoms with van der Waals surface area (Å²) in [6.07, 6.45) is 0. The second kappa shape index (κ2) is 13.1. The quantitative estimate of drug-likeness (QED) is 0.175. The van der Waals surface area contributed by atoms with Gasteiger partial charge in [-0.3, -0.25) is 4.57 Å². The van der Waals surface area contributed by atoms with Crippen molar-refractivity contribution in [1.82, 2.24) is 24.1 Å². The standard InChI is InChI=1S/C55H33N5O/c1-2-15-34(16-3-1)35-19-14-20-38(31-35)53-56-54(58-55(57-53)60-46-26-11-6-21-39(46)40-22-7-12-27-47(40)60)43-29-30-48(52-51(43)42-24-9-13-28-50(42)61-52)59-45-25-10-8-23-41(45)44-32-36-17-4-5-18-37(36)33-49(44)59/h1-33H. The summed E-state index contributed by atoms with van der Waals surface area (Å²) in [6, 6.07) is 70.2. The Balaban J connectivity index is 1.11. The summed E-state index contributed by atoms with van der Waals surface area (Å²) >= 11 is 0. The van der Waals surface area contributed by atoms with Gasteiger partial charge in [0.25, 0.3) is 0 Å². The zero-order valence-electron chi connectivity index (χ0n) is 32.7. The van der Waals surface area contributed by atoms with Crippen molar-refractivity contribution in [2.75, 3.05) is 0 Å². The Morgan fingerprint density at radius 3 is 1.69 bits per heavy atom. The Morgan fingerprint density at radius 2 is 0.934 bits per heavy atom. The number of nitrogens with zero attached hydrogens (tertiary/aromatic N) is 5. The molecule has 4 heterocycles. The molecule has 0 radical (unpaired) electrons. The molecular formula is C55H33N5O. The molecule has 61 heavy (non-hydrogen) atoms. The van der Waals surface area contributed by atoms with E-state index < -0.39 is 0 Å². The molecule has 0 atom stereocenters. The van der Waals surface area contributed by atoms with Gasteiger partial charge in [0.1, 0.15) is 5.58 Å². The Morgan fingerprint density at radius 1 is 0.361 bits per heavy atom. The van der Waals surface area contributed by atoms with Gasteiger partial charge in [0.05, 0.1) is 27.8 Å². The summed E-state index contributed by atoms with van der Waals surface area (Å²) < 4.78 is 11.5. The predicted molar refractivity (Wildman–Crippen MR) is 250 cm³/mol. The van der Waals surface area contributed by atoms with E-state index in [0.717, 1.165) is 82.7 Å². The molecule has 9 aromatic carbocycles. The van der Waals surface area contributed by atoms with Crippen LogP contribution in [0.2, 0.25) is 0 Å². The minimum atomic E-state index is 0.543. The molecule has 0 saturated heterocycles. The first-order chi connectivity index (χ1) is 30.2. The molecule has 0 bridgehead atoms. The van der Waals surface area contributed by atoms with Crippen LogP contribution in [0.5, 0.6) is 0 Å². The number of furan rings is 1. The van der Waals surface area contributed by atoms with Crippen LogP contribution in [0.4, 0.5) is 0 Å². The average molecular weight is 780 g/mol. The van der Waals surface area contributed by atoms with Gasteiger partial charge in [-0.25, -0.2) is 4.98 Å². The maximum absolute atomic E-state index is 6.96. The molecule has 0 aliphatic rings. The van der Waals surface area contributed by atoms with E-state index in [4.69, 9.17) is 19.4 Å². The normalized spacial score (nSPS) is 11.9. The molecule has 0 amide bonds. The smallest absolute Gasteiger partial charge is 0.238 e. The number of para-hydroxylation sites is 4. The van der Waals surface area contributed by atoms with E-state index in [0.29, 0.717) is 17.6 Å². The summed E-state index contributed by atoms with van der Waals surface area (Å²) in [7, 11) is 0. The van der Waals surface area contributed by atoms with E-state index in [1.165, 1.54) is 21.5 Å². The van der Waals surface area contributed by atoms with Gasteiger partial charge >= 0.3 is 0 Å². The first-order valence-electron chi connectivity index (χ1n) is 20.5. The van der Waals surface area contributed by atoms with Crippen molar-refractivity contribution in [1.29, 1.82) is 0 Å². The van der Waals surface area contributed by atoms with Crippen LogP contribution in [-0.2, 0) is 0 Å². The summed E-state index contributed by atoms with van der Waals surface area (Å²) in [4.78, 5) is 16.1. The maximum atomic E-state index is 6.96. The molecule has 13 rings (SSSR count). The lowest BCUT2D eigenvalue weighted by Crippen LogP contribution is -2.06. The summed E-state index contributed by atoms with van der Waals surface area (Å²) in [6.45, 7) is 0. The van der Waals surface area contributed by atoms with Crippen LogP contribution in [-0.4, -0.2) is 24.1 Å². The lowest BCUT2D eigenvalue weighted by Gasteiger charge is -2.14. The minimum absolute atomic E-state index is 0.543. The van der Waals surface area contributed by atoms with Crippen molar-refractivity contribution >= 4 is 76.3 Å². The zero-order valence-corrected chi connectivity index (χ0v) is 32.7. The van der Waals surface area contributed by atoms with Crippen molar-refractivity contribution in [3.8, 4) is 45.5 Å². The van der Waals surface area contributed by atoms with E-state index in [-0.39, 0.29) is 0 Å². The van der Waals surface area contributed by atoms with E-state index in [1.54, 1.807) is 0 Å². The Kier molecular flexibility index (Phi) is 7.21. The van der Waals surface area contributed by atoms with E-state index in [2.05, 4.69) is 191 Å². The van der Waals surface area contributed by atoms with Gasteiger partial charge in [0, 0.05) is 43.4 Å². The highest BCUT2D eigenvalue weighted by molar-refractivity contribution is 6.18. The molecule has 6 nitrogen and oxygen atoms in total. The Hall–Kier alpha value is -8.35. The fourth-order valence-electron chi connectivity index (χ4n) is 9.41. The monoisotopic (exact) mass is 779 g/mol. The van der Waals surface area contributed by atoms with Crippen molar-refractivity contribution in [2.24, 2.45) is 0 Å². The predicted octanol–water partition coefficient (Wildman–Crippen LogP) is 14.1. The Labute approximate surface area is 349 Å². The third-order valence-corrected chi connectivity index (χ3v) is 12.2. The zero-order chi connectivity index (χ0) is 40.0. The van der Waals surface area contributed by atoms with Crippen LogP contribution in [0.1, 0.15) is 0 Å². The number of hydrogen-bond donors (Lipinski definition) is 0. The number of fused-ring (bicyclic) bond motifs is 10. The largest absolute Gasteiger partial charge is 0.454 e. The lowest BCUT2D eigenvalue weighted by molar-refractivity contribution is 0.666. The first-order valence-corrected chi connectivity index (χ1v) is 20.5. The van der Waals surface area contributed by atoms with Gasteiger partial charge in [0.2, 0.25) is 5.95 Å². The highest BCUT2D eigenvalue weighted by Gasteiger charge is 2.24. The van der Waals surface area contributed by atoms with Crippen LogP contribution < -0.4 is 0 Å². The lowest BCUT2D eigenvalue weighted by atomic mass is 10.0. The molecule has 0 saturated carbocycles. The van der Waals surface area contributed by atoms with Crippen LogP contribution in [0.25, 0.3) is 122 Å². The number of aromatic nitrogens is 5. The first kappa shape index (κ1) is 33.6. The summed E-state index contributed by atoms with van der Waals surface area (Å²) in [5, 5.41) is 8.99. The van der Waals surface area contributed by atoms with Crippen LogP contribution in [0.15, 0.2) is 205 Å². The van der Waals surface area contributed by atoms with Gasteiger partial charge in [-0.2, -0.15) is 9.97 Å². The molecular weight excluding hydrogens is 747 g/mol. The van der Waals surface area contributed by atoms with E-state index >= 15 is 0 Å². The van der Waals surface area contributed by atoms with Crippen molar-refractivity contribution < 1.29 is 4.42 Å². The van der Waals surface area contributed by atoms with E-state index in [9.17, 15) is 0 Å². The molecule has 0 aliphatic heterocycles. The summed E-state index contributed by atoms with van der Waals surface area (Å²) in [5.74, 6) is 1.68. The molecule has 0 aliphatic carbocycles. The molecule has 0 fully saturated rings. The molecule has 13 aromatic rings. The third-order valence-electron chi connectivity index (χ3n) is 12.2. The molecule has 4 aromatic heterocycles. The molecule has 6 heteroatoms. The summed E-state index contributed by atoms with van der Waals surface area (Å²) in [5.41, 5.74) is 10.8. The molecule has 0 N–H and O–H groups in total. The fraction of sp³-hybridized carbons (Fsp3) is 0. The second-order valence-electron chi connectivity index (χ2n) is 15.6. The van der Waals surface area contributed by atoms with Gasteiger partial charge < -0.3 is 8.98 Å². The van der Waals surface area contributed by atoms with Gasteiger partial charge in [-0.05, 0) is 76.5 Å². The molecule has 0 unspecified atom stereocenters. The maximum Gasteiger partial charge on any atom is 0.238 e. The molecule has 0 spiro atoms. The van der Waals surface area contributed by atoms with E-state index in [1.807, 2.05) is 18.2 Å². The third kappa shape index (κ3) is 5.12. The number of rotatable bonds is 5. The fourth-order valence-corrected chi connectivity index (χ4v) is 9.41. The van der Waals surface area contributed by atoms with Crippen molar-refractivity contribution in [2.45, 2.75) is 0 Å². The average Bonchev–Trinajstić information content (AvgIpc) is 3.99. The van der Waals surface area contributed by atoms with Crippen molar-refractivity contribution in [3.05, 3.63) is 200 Å². The SMILES string of the molecule is c1ccc(-c2cccc(-c3nc(-c4ccc(-n5c6ccccc6c6cc7ccccc7cc65)c5oc6ccccc6c45)nc(-n4c5ccccc5c5ccccc54)n3)c2)cc1. The second-order valence-corrected chi connectivity index (χ2v) is 15.6. The Bertz CT molecular complexity index is 3840. The minimum Gasteiger partial charge on any atom is -0.454 e. The van der Waals surface area contributed by atoms with Crippen molar-refractivity contribution in [3.63, 3.8) is 0 Å². The number of hydrogen-bond acceptors (Lipinski definition) is 4. The highest BCUT2D eigenvalue weighted by atomic mass is 16.3. The van der Waals surface area contributed by atoms with Crippen LogP contribution in [0, 0.1) is 0 Å². The van der Waals surface area contributed by atoms with Gasteiger partial charge in [-0.15, -0.1) is 0 Å². The van der Waals surface area contributed by atoms with Crippen LogP contribution >= 0.6 is 0 Å². The van der Waals surface area contributed by atoms with Crippen LogP contribution in [0.3, 0.4) is 0 Å².